The first-order chi connectivity index (χ1) is 19.3. The number of nitrogens with zero attached hydrogens (tertiary/aromatic N) is 2. The molecule has 1 fully saturated rings. The first-order valence-corrected chi connectivity index (χ1v) is 13.8. The summed E-state index contributed by atoms with van der Waals surface area (Å²) in [6.45, 7) is 5.75. The van der Waals surface area contributed by atoms with Crippen LogP contribution >= 0.6 is 0 Å². The minimum absolute atomic E-state index is 0.0748. The summed E-state index contributed by atoms with van der Waals surface area (Å²) in [4.78, 5) is 30.4. The Balaban J connectivity index is 1.74. The summed E-state index contributed by atoms with van der Waals surface area (Å²) in [6.07, 6.45) is 2.66. The van der Waals surface area contributed by atoms with E-state index in [1.54, 1.807) is 23.1 Å². The Morgan fingerprint density at radius 1 is 0.950 bits per heavy atom. The van der Waals surface area contributed by atoms with Crippen LogP contribution in [-0.2, 0) is 9.59 Å². The molecular formula is C33H38N2O5. The smallest absolute Gasteiger partial charge is 0.295 e. The minimum atomic E-state index is -0.748. The molecule has 7 nitrogen and oxygen atoms in total. The Morgan fingerprint density at radius 2 is 1.70 bits per heavy atom. The van der Waals surface area contributed by atoms with Crippen molar-refractivity contribution in [3.8, 4) is 17.2 Å². The van der Waals surface area contributed by atoms with Crippen molar-refractivity contribution in [3.05, 3.63) is 95.1 Å². The van der Waals surface area contributed by atoms with Gasteiger partial charge in [0.15, 0.2) is 0 Å². The maximum absolute atomic E-state index is 13.4. The lowest BCUT2D eigenvalue weighted by atomic mass is 9.94. The van der Waals surface area contributed by atoms with E-state index in [2.05, 4.69) is 6.92 Å². The number of aliphatic hydroxyl groups excluding tert-OH is 1. The van der Waals surface area contributed by atoms with Crippen molar-refractivity contribution in [2.75, 3.05) is 33.8 Å². The SMILES string of the molecule is CCCCOc1ccc(/C(O)=C2/C(=O)C(=O)N(CCCN(C)C)C2c2cccc(Oc3ccccc3)c2)cc1C. The standard InChI is InChI=1S/C33H38N2O5/c1-5-6-20-39-28-17-16-25(21-23(28)2)31(36)29-30(35(33(38)32(29)37)19-11-18-34(3)4)24-12-10-15-27(22-24)40-26-13-8-7-9-14-26/h7-10,12-17,21-22,30,36H,5-6,11,18-20H2,1-4H3/b31-29-. The normalized spacial score (nSPS) is 16.5. The fraction of sp³-hybridized carbons (Fsp3) is 0.333. The predicted octanol–water partition coefficient (Wildman–Crippen LogP) is 6.34. The van der Waals surface area contributed by atoms with Gasteiger partial charge >= 0.3 is 0 Å². The first-order valence-electron chi connectivity index (χ1n) is 13.8. The number of carbonyl (C=O) groups is 2. The quantitative estimate of drug-likeness (QED) is 0.125. The number of amides is 1. The van der Waals surface area contributed by atoms with Gasteiger partial charge in [0.2, 0.25) is 0 Å². The lowest BCUT2D eigenvalue weighted by molar-refractivity contribution is -0.139. The van der Waals surface area contributed by atoms with Gasteiger partial charge in [-0.15, -0.1) is 0 Å². The number of Topliss-reactive ketones (excluding diaryl/α,β-unsaturated/α-hetero) is 1. The van der Waals surface area contributed by atoms with Gasteiger partial charge in [-0.25, -0.2) is 0 Å². The summed E-state index contributed by atoms with van der Waals surface area (Å²) in [5, 5.41) is 11.5. The van der Waals surface area contributed by atoms with Crippen molar-refractivity contribution < 1.29 is 24.2 Å². The van der Waals surface area contributed by atoms with Gasteiger partial charge in [-0.3, -0.25) is 9.59 Å². The largest absolute Gasteiger partial charge is 0.507 e. The lowest BCUT2D eigenvalue weighted by Crippen LogP contribution is -2.32. The van der Waals surface area contributed by atoms with Crippen molar-refractivity contribution >= 4 is 17.4 Å². The van der Waals surface area contributed by atoms with E-state index in [1.165, 1.54) is 0 Å². The molecular weight excluding hydrogens is 504 g/mol. The third-order valence-corrected chi connectivity index (χ3v) is 6.90. The Morgan fingerprint density at radius 3 is 2.40 bits per heavy atom. The average Bonchev–Trinajstić information content (AvgIpc) is 3.19. The minimum Gasteiger partial charge on any atom is -0.507 e. The topological polar surface area (TPSA) is 79.3 Å². The van der Waals surface area contributed by atoms with Gasteiger partial charge in [-0.05, 0) is 94.0 Å². The number of rotatable bonds is 12. The molecule has 1 aliphatic heterocycles. The summed E-state index contributed by atoms with van der Waals surface area (Å²) >= 11 is 0. The molecule has 0 aromatic heterocycles. The Labute approximate surface area is 236 Å². The molecule has 0 saturated carbocycles. The number of carbonyl (C=O) groups excluding carboxylic acids is 2. The van der Waals surface area contributed by atoms with E-state index in [1.807, 2.05) is 80.5 Å². The van der Waals surface area contributed by atoms with Crippen LogP contribution in [0.15, 0.2) is 78.4 Å². The van der Waals surface area contributed by atoms with Gasteiger partial charge < -0.3 is 24.4 Å². The van der Waals surface area contributed by atoms with Crippen molar-refractivity contribution in [3.63, 3.8) is 0 Å². The van der Waals surface area contributed by atoms with E-state index in [9.17, 15) is 14.7 Å². The van der Waals surface area contributed by atoms with Gasteiger partial charge in [0, 0.05) is 12.1 Å². The monoisotopic (exact) mass is 542 g/mol. The number of benzene rings is 3. The van der Waals surface area contributed by atoms with E-state index in [4.69, 9.17) is 9.47 Å². The highest BCUT2D eigenvalue weighted by molar-refractivity contribution is 6.46. The third kappa shape index (κ3) is 6.72. The van der Waals surface area contributed by atoms with Crippen molar-refractivity contribution in [1.29, 1.82) is 0 Å². The number of hydrogen-bond acceptors (Lipinski definition) is 6. The second kappa shape index (κ2) is 13.3. The second-order valence-electron chi connectivity index (χ2n) is 10.3. The van der Waals surface area contributed by atoms with E-state index >= 15 is 0 Å². The Bertz CT molecular complexity index is 1370. The molecule has 1 atom stereocenters. The summed E-state index contributed by atoms with van der Waals surface area (Å²) in [5.74, 6) is 0.481. The molecule has 1 unspecified atom stereocenters. The van der Waals surface area contributed by atoms with E-state index in [0.717, 1.165) is 30.7 Å². The van der Waals surface area contributed by atoms with E-state index in [-0.39, 0.29) is 11.3 Å². The number of aryl methyl sites for hydroxylation is 1. The molecule has 4 rings (SSSR count). The van der Waals surface area contributed by atoms with Crippen LogP contribution in [-0.4, -0.2) is 60.4 Å². The number of hydrogen-bond donors (Lipinski definition) is 1. The van der Waals surface area contributed by atoms with Gasteiger partial charge in [0.1, 0.15) is 23.0 Å². The van der Waals surface area contributed by atoms with Crippen LogP contribution in [0.3, 0.4) is 0 Å². The molecule has 0 radical (unpaired) electrons. The predicted molar refractivity (Wildman–Crippen MR) is 157 cm³/mol. The molecule has 1 N–H and O–H groups in total. The third-order valence-electron chi connectivity index (χ3n) is 6.90. The highest BCUT2D eigenvalue weighted by Gasteiger charge is 2.46. The Hall–Kier alpha value is -4.10. The average molecular weight is 543 g/mol. The van der Waals surface area contributed by atoms with E-state index in [0.29, 0.717) is 42.2 Å². The molecule has 7 heteroatoms. The molecule has 3 aromatic rings. The highest BCUT2D eigenvalue weighted by atomic mass is 16.5. The van der Waals surface area contributed by atoms with Crippen LogP contribution in [0.4, 0.5) is 0 Å². The zero-order valence-electron chi connectivity index (χ0n) is 23.7. The van der Waals surface area contributed by atoms with Gasteiger partial charge in [0.05, 0.1) is 18.2 Å². The number of unbranched alkanes of at least 4 members (excludes halogenated alkanes) is 1. The van der Waals surface area contributed by atoms with Crippen molar-refractivity contribution in [1.82, 2.24) is 9.80 Å². The Kier molecular flexibility index (Phi) is 9.61. The van der Waals surface area contributed by atoms with Crippen LogP contribution in [0.5, 0.6) is 17.2 Å². The molecule has 0 aliphatic carbocycles. The number of likely N-dealkylation sites (tertiary alicyclic amines) is 1. The summed E-state index contributed by atoms with van der Waals surface area (Å²) in [7, 11) is 3.93. The summed E-state index contributed by atoms with van der Waals surface area (Å²) in [6, 6.07) is 21.3. The van der Waals surface area contributed by atoms with Crippen molar-refractivity contribution in [2.24, 2.45) is 0 Å². The van der Waals surface area contributed by atoms with Crippen LogP contribution in [0.2, 0.25) is 0 Å². The zero-order chi connectivity index (χ0) is 28.6. The fourth-order valence-electron chi connectivity index (χ4n) is 4.83. The zero-order valence-corrected chi connectivity index (χ0v) is 23.7. The molecule has 40 heavy (non-hydrogen) atoms. The van der Waals surface area contributed by atoms with Gasteiger partial charge in [-0.1, -0.05) is 43.7 Å². The number of ketones is 1. The van der Waals surface area contributed by atoms with Gasteiger partial charge in [-0.2, -0.15) is 0 Å². The second-order valence-corrected chi connectivity index (χ2v) is 10.3. The highest BCUT2D eigenvalue weighted by Crippen LogP contribution is 2.41. The maximum Gasteiger partial charge on any atom is 0.295 e. The molecule has 3 aromatic carbocycles. The van der Waals surface area contributed by atoms with Crippen LogP contribution < -0.4 is 9.47 Å². The number of ether oxygens (including phenoxy) is 2. The number of para-hydroxylation sites is 1. The summed E-state index contributed by atoms with van der Waals surface area (Å²) < 4.78 is 11.9. The molecule has 1 amide bonds. The molecule has 0 spiro atoms. The van der Waals surface area contributed by atoms with Crippen LogP contribution in [0, 0.1) is 6.92 Å². The van der Waals surface area contributed by atoms with E-state index < -0.39 is 17.7 Å². The summed E-state index contributed by atoms with van der Waals surface area (Å²) in [5.41, 5.74) is 2.07. The number of aliphatic hydroxyl groups is 1. The molecule has 1 heterocycles. The molecule has 1 aliphatic rings. The van der Waals surface area contributed by atoms with Gasteiger partial charge in [0.25, 0.3) is 11.7 Å². The van der Waals surface area contributed by atoms with Crippen LogP contribution in [0.1, 0.15) is 48.9 Å². The van der Waals surface area contributed by atoms with Crippen LogP contribution in [0.25, 0.3) is 5.76 Å². The molecule has 0 bridgehead atoms. The maximum atomic E-state index is 13.4. The van der Waals surface area contributed by atoms with Crippen molar-refractivity contribution in [2.45, 2.75) is 39.2 Å². The lowest BCUT2D eigenvalue weighted by Gasteiger charge is -2.26. The molecule has 210 valence electrons. The first kappa shape index (κ1) is 28.9. The molecule has 1 saturated heterocycles. The fourth-order valence-corrected chi connectivity index (χ4v) is 4.83.